The van der Waals surface area contributed by atoms with Gasteiger partial charge in [0.1, 0.15) is 5.84 Å². The monoisotopic (exact) mass is 257 g/mol. The number of anilines is 1. The van der Waals surface area contributed by atoms with Gasteiger partial charge >= 0.3 is 0 Å². The summed E-state index contributed by atoms with van der Waals surface area (Å²) >= 11 is 5.73. The smallest absolute Gasteiger partial charge is 0.225 e. The zero-order valence-corrected chi connectivity index (χ0v) is 10.6. The van der Waals surface area contributed by atoms with Gasteiger partial charge in [-0.05, 0) is 13.8 Å². The first-order valence-corrected chi connectivity index (χ1v) is 5.63. The van der Waals surface area contributed by atoms with Gasteiger partial charge in [0.15, 0.2) is 0 Å². The van der Waals surface area contributed by atoms with Crippen LogP contribution in [0.2, 0.25) is 5.02 Å². The number of aromatic nitrogens is 2. The van der Waals surface area contributed by atoms with Gasteiger partial charge in [0.05, 0.1) is 17.4 Å². The van der Waals surface area contributed by atoms with Crippen LogP contribution >= 0.6 is 11.6 Å². The van der Waals surface area contributed by atoms with Crippen LogP contribution in [0.4, 0.5) is 5.95 Å². The average molecular weight is 258 g/mol. The van der Waals surface area contributed by atoms with Crippen molar-refractivity contribution in [3.63, 3.8) is 0 Å². The molecule has 7 heteroatoms. The van der Waals surface area contributed by atoms with Crippen LogP contribution in [0.5, 0.6) is 0 Å². The van der Waals surface area contributed by atoms with E-state index in [-0.39, 0.29) is 11.9 Å². The van der Waals surface area contributed by atoms with Crippen LogP contribution in [0.1, 0.15) is 20.3 Å². The van der Waals surface area contributed by atoms with Crippen molar-refractivity contribution >= 4 is 23.4 Å². The van der Waals surface area contributed by atoms with Crippen LogP contribution in [-0.2, 0) is 0 Å². The van der Waals surface area contributed by atoms with Gasteiger partial charge in [0.25, 0.3) is 0 Å². The summed E-state index contributed by atoms with van der Waals surface area (Å²) in [5, 5.41) is 11.9. The summed E-state index contributed by atoms with van der Waals surface area (Å²) in [6.07, 6.45) is 3.53. The quantitative estimate of drug-likeness (QED) is 0.361. The Hall–Kier alpha value is -1.56. The highest BCUT2D eigenvalue weighted by molar-refractivity contribution is 6.30. The highest BCUT2D eigenvalue weighted by atomic mass is 35.5. The molecular formula is C10H16ClN5O. The van der Waals surface area contributed by atoms with Crippen molar-refractivity contribution in [1.29, 1.82) is 0 Å². The van der Waals surface area contributed by atoms with Gasteiger partial charge in [0.2, 0.25) is 5.95 Å². The summed E-state index contributed by atoms with van der Waals surface area (Å²) in [7, 11) is 0. The molecule has 0 fully saturated rings. The van der Waals surface area contributed by atoms with Gasteiger partial charge < -0.3 is 15.8 Å². The highest BCUT2D eigenvalue weighted by Gasteiger charge is 2.13. The van der Waals surface area contributed by atoms with Crippen molar-refractivity contribution in [3.8, 4) is 0 Å². The van der Waals surface area contributed by atoms with Crippen LogP contribution in [0.3, 0.4) is 0 Å². The molecule has 0 aromatic carbocycles. The van der Waals surface area contributed by atoms with Gasteiger partial charge in [-0.2, -0.15) is 0 Å². The third kappa shape index (κ3) is 4.07. The summed E-state index contributed by atoms with van der Waals surface area (Å²) in [5.41, 5.74) is 5.44. The van der Waals surface area contributed by atoms with Crippen molar-refractivity contribution in [2.45, 2.75) is 26.3 Å². The second-order valence-corrected chi connectivity index (χ2v) is 4.27. The molecule has 0 saturated carbocycles. The van der Waals surface area contributed by atoms with Crippen molar-refractivity contribution in [2.24, 2.45) is 10.9 Å². The third-order valence-corrected chi connectivity index (χ3v) is 2.42. The number of nitrogens with two attached hydrogens (primary N) is 1. The predicted molar refractivity (Wildman–Crippen MR) is 67.5 cm³/mol. The van der Waals surface area contributed by atoms with Gasteiger partial charge in [-0.3, -0.25) is 0 Å². The maximum absolute atomic E-state index is 8.49. The number of oxime groups is 1. The van der Waals surface area contributed by atoms with E-state index >= 15 is 0 Å². The zero-order chi connectivity index (χ0) is 12.8. The summed E-state index contributed by atoms with van der Waals surface area (Å²) in [6.45, 7) is 4.61. The Bertz CT molecular complexity index is 379. The fourth-order valence-electron chi connectivity index (χ4n) is 1.33. The van der Waals surface area contributed by atoms with E-state index in [0.29, 0.717) is 23.9 Å². The summed E-state index contributed by atoms with van der Waals surface area (Å²) in [6, 6.07) is 0.211. The Balaban J connectivity index is 2.75. The molecule has 1 aromatic rings. The molecule has 0 saturated heterocycles. The minimum atomic E-state index is 0.185. The number of hydrogen-bond acceptors (Lipinski definition) is 5. The summed E-state index contributed by atoms with van der Waals surface area (Å²) < 4.78 is 0. The molecule has 0 spiro atoms. The molecule has 0 atom stereocenters. The Morgan fingerprint density at radius 2 is 2.12 bits per heavy atom. The molecule has 0 bridgehead atoms. The Kier molecular flexibility index (Phi) is 4.96. The van der Waals surface area contributed by atoms with Crippen LogP contribution in [0.15, 0.2) is 17.5 Å². The number of nitrogens with zero attached hydrogens (tertiary/aromatic N) is 4. The number of hydrogen-bond donors (Lipinski definition) is 2. The van der Waals surface area contributed by atoms with E-state index in [4.69, 9.17) is 22.5 Å². The van der Waals surface area contributed by atoms with E-state index in [2.05, 4.69) is 15.1 Å². The molecule has 1 aromatic heterocycles. The second kappa shape index (κ2) is 6.24. The molecule has 0 radical (unpaired) electrons. The topological polar surface area (TPSA) is 87.6 Å². The van der Waals surface area contributed by atoms with Gasteiger partial charge in [0, 0.05) is 19.0 Å². The van der Waals surface area contributed by atoms with Crippen LogP contribution in [-0.4, -0.2) is 33.6 Å². The molecule has 1 rings (SSSR count). The van der Waals surface area contributed by atoms with Crippen molar-refractivity contribution < 1.29 is 5.21 Å². The average Bonchev–Trinajstić information content (AvgIpc) is 2.31. The Morgan fingerprint density at radius 1 is 1.53 bits per heavy atom. The molecule has 3 N–H and O–H groups in total. The molecule has 94 valence electrons. The maximum Gasteiger partial charge on any atom is 0.225 e. The first kappa shape index (κ1) is 13.5. The normalized spacial score (nSPS) is 11.9. The molecule has 0 amide bonds. The standard InChI is InChI=1S/C10H16ClN5O/c1-7(2)16(4-3-9(12)15-17)10-13-5-8(11)6-14-10/h5-7,17H,3-4H2,1-2H3,(H2,12,15). The molecule has 0 unspecified atom stereocenters. The minimum absolute atomic E-state index is 0.185. The lowest BCUT2D eigenvalue weighted by atomic mass is 10.3. The second-order valence-electron chi connectivity index (χ2n) is 3.83. The molecule has 1 heterocycles. The van der Waals surface area contributed by atoms with Crippen molar-refractivity contribution in [3.05, 3.63) is 17.4 Å². The summed E-state index contributed by atoms with van der Waals surface area (Å²) in [5.74, 6) is 0.764. The van der Waals surface area contributed by atoms with Crippen molar-refractivity contribution in [2.75, 3.05) is 11.4 Å². The van der Waals surface area contributed by atoms with Crippen LogP contribution in [0, 0.1) is 0 Å². The Morgan fingerprint density at radius 3 is 2.59 bits per heavy atom. The lowest BCUT2D eigenvalue weighted by Gasteiger charge is -2.26. The maximum atomic E-state index is 8.49. The van der Waals surface area contributed by atoms with Crippen molar-refractivity contribution in [1.82, 2.24) is 9.97 Å². The molecule has 6 nitrogen and oxygen atoms in total. The molecule has 0 aliphatic carbocycles. The minimum Gasteiger partial charge on any atom is -0.409 e. The lowest BCUT2D eigenvalue weighted by Crippen LogP contribution is -2.35. The molecular weight excluding hydrogens is 242 g/mol. The van der Waals surface area contributed by atoms with E-state index in [1.165, 1.54) is 0 Å². The largest absolute Gasteiger partial charge is 0.409 e. The van der Waals surface area contributed by atoms with Crippen LogP contribution < -0.4 is 10.6 Å². The lowest BCUT2D eigenvalue weighted by molar-refractivity contribution is 0.317. The number of rotatable bonds is 5. The van der Waals surface area contributed by atoms with Crippen LogP contribution in [0.25, 0.3) is 0 Å². The number of halogens is 1. The highest BCUT2D eigenvalue weighted by Crippen LogP contribution is 2.13. The SMILES string of the molecule is CC(C)N(CCC(N)=NO)c1ncc(Cl)cn1. The Labute approximate surface area is 105 Å². The first-order chi connectivity index (χ1) is 8.04. The van der Waals surface area contributed by atoms with Gasteiger partial charge in [-0.25, -0.2) is 9.97 Å². The van der Waals surface area contributed by atoms with E-state index in [1.54, 1.807) is 12.4 Å². The van der Waals surface area contributed by atoms with Gasteiger partial charge in [-0.1, -0.05) is 16.8 Å². The van der Waals surface area contributed by atoms with E-state index < -0.39 is 0 Å². The predicted octanol–water partition coefficient (Wildman–Crippen LogP) is 1.48. The zero-order valence-electron chi connectivity index (χ0n) is 9.84. The fraction of sp³-hybridized carbons (Fsp3) is 0.500. The molecule has 0 aliphatic rings. The molecule has 17 heavy (non-hydrogen) atoms. The van der Waals surface area contributed by atoms with E-state index in [1.807, 2.05) is 18.7 Å². The molecule has 0 aliphatic heterocycles. The van der Waals surface area contributed by atoms with E-state index in [9.17, 15) is 0 Å². The summed E-state index contributed by atoms with van der Waals surface area (Å²) in [4.78, 5) is 10.2. The number of amidine groups is 1. The third-order valence-electron chi connectivity index (χ3n) is 2.22. The first-order valence-electron chi connectivity index (χ1n) is 5.25. The fourth-order valence-corrected chi connectivity index (χ4v) is 1.43. The van der Waals surface area contributed by atoms with Gasteiger partial charge in [-0.15, -0.1) is 0 Å². The van der Waals surface area contributed by atoms with E-state index in [0.717, 1.165) is 0 Å².